The van der Waals surface area contributed by atoms with Crippen LogP contribution in [0, 0.1) is 0 Å². The van der Waals surface area contributed by atoms with Crippen molar-refractivity contribution < 1.29 is 9.90 Å². The molecule has 16 heavy (non-hydrogen) atoms. The predicted molar refractivity (Wildman–Crippen MR) is 65.2 cm³/mol. The number of hydrogen-bond acceptors (Lipinski definition) is 4. The van der Waals surface area contributed by atoms with E-state index in [4.69, 9.17) is 5.11 Å². The van der Waals surface area contributed by atoms with Gasteiger partial charge in [-0.25, -0.2) is 9.78 Å². The fraction of sp³-hybridized carbons (Fsp3) is 0.455. The Kier molecular flexibility index (Phi) is 3.66. The highest BCUT2D eigenvalue weighted by atomic mass is 32.2. The minimum absolute atomic E-state index is 0.0928. The molecule has 1 fully saturated rings. The van der Waals surface area contributed by atoms with Gasteiger partial charge in [0.15, 0.2) is 5.69 Å². The van der Waals surface area contributed by atoms with Gasteiger partial charge < -0.3 is 10.4 Å². The van der Waals surface area contributed by atoms with E-state index in [1.807, 2.05) is 17.8 Å². The SMILES string of the molecule is O=C(O)c1cccc(NC2CCSCC2)n1. The van der Waals surface area contributed by atoms with Gasteiger partial charge >= 0.3 is 5.97 Å². The molecule has 1 saturated heterocycles. The number of aromatic nitrogens is 1. The number of nitrogens with one attached hydrogen (secondary N) is 1. The second-order valence-corrected chi connectivity index (χ2v) is 4.97. The summed E-state index contributed by atoms with van der Waals surface area (Å²) < 4.78 is 0. The van der Waals surface area contributed by atoms with Crippen LogP contribution in [0.4, 0.5) is 5.82 Å². The summed E-state index contributed by atoms with van der Waals surface area (Å²) in [4.78, 5) is 14.8. The van der Waals surface area contributed by atoms with Crippen LogP contribution in [0.2, 0.25) is 0 Å². The standard InChI is InChI=1S/C11H14N2O2S/c14-11(15)9-2-1-3-10(13-9)12-8-4-6-16-7-5-8/h1-3,8H,4-7H2,(H,12,13)(H,14,15). The third-order valence-corrected chi connectivity index (χ3v) is 3.59. The van der Waals surface area contributed by atoms with Crippen molar-refractivity contribution in [3.05, 3.63) is 23.9 Å². The molecule has 0 bridgehead atoms. The fourth-order valence-electron chi connectivity index (χ4n) is 1.69. The maximum atomic E-state index is 10.8. The number of anilines is 1. The van der Waals surface area contributed by atoms with Crippen molar-refractivity contribution in [2.45, 2.75) is 18.9 Å². The summed E-state index contributed by atoms with van der Waals surface area (Å²) in [6, 6.07) is 5.47. The van der Waals surface area contributed by atoms with Gasteiger partial charge in [-0.05, 0) is 36.5 Å². The quantitative estimate of drug-likeness (QED) is 0.844. The molecule has 2 rings (SSSR count). The molecule has 5 heteroatoms. The maximum Gasteiger partial charge on any atom is 0.354 e. The summed E-state index contributed by atoms with van der Waals surface area (Å²) in [5.41, 5.74) is 0.0928. The molecule has 1 aliphatic rings. The van der Waals surface area contributed by atoms with E-state index in [0.717, 1.165) is 24.3 Å². The first-order chi connectivity index (χ1) is 7.75. The zero-order valence-electron chi connectivity index (χ0n) is 8.85. The highest BCUT2D eigenvalue weighted by Crippen LogP contribution is 2.20. The summed E-state index contributed by atoms with van der Waals surface area (Å²) in [7, 11) is 0. The smallest absolute Gasteiger partial charge is 0.354 e. The van der Waals surface area contributed by atoms with E-state index in [1.165, 1.54) is 6.07 Å². The Morgan fingerprint density at radius 2 is 2.19 bits per heavy atom. The largest absolute Gasteiger partial charge is 0.477 e. The molecule has 0 radical (unpaired) electrons. The van der Waals surface area contributed by atoms with E-state index in [0.29, 0.717) is 11.9 Å². The van der Waals surface area contributed by atoms with Crippen LogP contribution >= 0.6 is 11.8 Å². The molecule has 0 unspecified atom stereocenters. The van der Waals surface area contributed by atoms with Crippen molar-refractivity contribution in [2.75, 3.05) is 16.8 Å². The second-order valence-electron chi connectivity index (χ2n) is 3.74. The molecule has 4 nitrogen and oxygen atoms in total. The summed E-state index contributed by atoms with van der Waals surface area (Å²) in [6.45, 7) is 0. The van der Waals surface area contributed by atoms with Gasteiger partial charge in [0.1, 0.15) is 5.82 Å². The van der Waals surface area contributed by atoms with E-state index in [9.17, 15) is 4.79 Å². The number of carboxylic acids is 1. The summed E-state index contributed by atoms with van der Waals surface area (Å²) >= 11 is 1.96. The Labute approximate surface area is 98.5 Å². The summed E-state index contributed by atoms with van der Waals surface area (Å²) in [5, 5.41) is 12.1. The predicted octanol–water partition coefficient (Wildman–Crippen LogP) is 2.09. The molecule has 2 heterocycles. The zero-order chi connectivity index (χ0) is 11.4. The molecule has 0 atom stereocenters. The van der Waals surface area contributed by atoms with Crippen LogP contribution in [0.15, 0.2) is 18.2 Å². The molecule has 1 aliphatic heterocycles. The molecule has 1 aromatic rings. The van der Waals surface area contributed by atoms with Crippen molar-refractivity contribution in [1.29, 1.82) is 0 Å². The van der Waals surface area contributed by atoms with Gasteiger partial charge in [0.2, 0.25) is 0 Å². The van der Waals surface area contributed by atoms with Gasteiger partial charge in [0, 0.05) is 6.04 Å². The van der Waals surface area contributed by atoms with E-state index in [1.54, 1.807) is 6.07 Å². The van der Waals surface area contributed by atoms with Crippen LogP contribution in [0.3, 0.4) is 0 Å². The van der Waals surface area contributed by atoms with Gasteiger partial charge in [-0.15, -0.1) is 0 Å². The zero-order valence-corrected chi connectivity index (χ0v) is 9.67. The first-order valence-corrected chi connectivity index (χ1v) is 6.46. The normalized spacial score (nSPS) is 17.0. The summed E-state index contributed by atoms with van der Waals surface area (Å²) in [5.74, 6) is 2.01. The topological polar surface area (TPSA) is 62.2 Å². The highest BCUT2D eigenvalue weighted by Gasteiger charge is 2.14. The number of thioether (sulfide) groups is 1. The third-order valence-electron chi connectivity index (χ3n) is 2.54. The molecule has 0 spiro atoms. The fourth-order valence-corrected chi connectivity index (χ4v) is 2.79. The van der Waals surface area contributed by atoms with Crippen molar-refractivity contribution >= 4 is 23.5 Å². The van der Waals surface area contributed by atoms with Gasteiger partial charge in [-0.3, -0.25) is 0 Å². The lowest BCUT2D eigenvalue weighted by molar-refractivity contribution is 0.0690. The second kappa shape index (κ2) is 5.21. The van der Waals surface area contributed by atoms with Crippen LogP contribution in [-0.2, 0) is 0 Å². The third kappa shape index (κ3) is 2.88. The van der Waals surface area contributed by atoms with Crippen LogP contribution in [0.25, 0.3) is 0 Å². The first-order valence-electron chi connectivity index (χ1n) is 5.30. The minimum atomic E-state index is -0.983. The highest BCUT2D eigenvalue weighted by molar-refractivity contribution is 7.99. The molecule has 2 N–H and O–H groups in total. The molecule has 0 saturated carbocycles. The van der Waals surface area contributed by atoms with Crippen LogP contribution < -0.4 is 5.32 Å². The Bertz CT molecular complexity index is 378. The number of aromatic carboxylic acids is 1. The molecule has 0 amide bonds. The van der Waals surface area contributed by atoms with E-state index < -0.39 is 5.97 Å². The lowest BCUT2D eigenvalue weighted by Gasteiger charge is -2.23. The Morgan fingerprint density at radius 3 is 2.88 bits per heavy atom. The van der Waals surface area contributed by atoms with E-state index >= 15 is 0 Å². The molecular weight excluding hydrogens is 224 g/mol. The Balaban J connectivity index is 2.02. The van der Waals surface area contributed by atoms with E-state index in [-0.39, 0.29) is 5.69 Å². The van der Waals surface area contributed by atoms with E-state index in [2.05, 4.69) is 10.3 Å². The van der Waals surface area contributed by atoms with Gasteiger partial charge in [0.25, 0.3) is 0 Å². The van der Waals surface area contributed by atoms with Gasteiger partial charge in [0.05, 0.1) is 0 Å². The van der Waals surface area contributed by atoms with Crippen molar-refractivity contribution in [3.63, 3.8) is 0 Å². The summed E-state index contributed by atoms with van der Waals surface area (Å²) in [6.07, 6.45) is 2.23. The van der Waals surface area contributed by atoms with Crippen molar-refractivity contribution in [3.8, 4) is 0 Å². The average molecular weight is 238 g/mol. The number of carboxylic acid groups (broad SMARTS) is 1. The molecular formula is C11H14N2O2S. The number of hydrogen-bond donors (Lipinski definition) is 2. The number of carbonyl (C=O) groups is 1. The van der Waals surface area contributed by atoms with Crippen LogP contribution in [-0.4, -0.2) is 33.6 Å². The molecule has 0 aliphatic carbocycles. The number of nitrogens with zero attached hydrogens (tertiary/aromatic N) is 1. The lowest BCUT2D eigenvalue weighted by Crippen LogP contribution is -2.25. The van der Waals surface area contributed by atoms with Gasteiger partial charge in [-0.1, -0.05) is 6.07 Å². The average Bonchev–Trinajstić information content (AvgIpc) is 2.30. The number of pyridine rings is 1. The maximum absolute atomic E-state index is 10.8. The van der Waals surface area contributed by atoms with Gasteiger partial charge in [-0.2, -0.15) is 11.8 Å². The Hall–Kier alpha value is -1.23. The molecule has 86 valence electrons. The van der Waals surface area contributed by atoms with Crippen molar-refractivity contribution in [1.82, 2.24) is 4.98 Å². The van der Waals surface area contributed by atoms with Crippen LogP contribution in [0.5, 0.6) is 0 Å². The minimum Gasteiger partial charge on any atom is -0.477 e. The van der Waals surface area contributed by atoms with Crippen LogP contribution in [0.1, 0.15) is 23.3 Å². The number of rotatable bonds is 3. The molecule has 0 aromatic carbocycles. The Morgan fingerprint density at radius 1 is 1.44 bits per heavy atom. The molecule has 1 aromatic heterocycles. The lowest BCUT2D eigenvalue weighted by atomic mass is 10.1. The van der Waals surface area contributed by atoms with Crippen molar-refractivity contribution in [2.24, 2.45) is 0 Å². The first kappa shape index (κ1) is 11.3. The monoisotopic (exact) mass is 238 g/mol.